The molecule has 6 nitrogen and oxygen atoms in total. The van der Waals surface area contributed by atoms with Gasteiger partial charge in [-0.3, -0.25) is 14.4 Å². The zero-order valence-corrected chi connectivity index (χ0v) is 21.4. The first kappa shape index (κ1) is 22.6. The number of aromatic amines is 1. The van der Waals surface area contributed by atoms with Crippen molar-refractivity contribution in [1.29, 1.82) is 0 Å². The lowest BCUT2D eigenvalue weighted by Gasteiger charge is -2.21. The average molecular weight is 486 g/mol. The Balaban J connectivity index is 1.35. The van der Waals surface area contributed by atoms with Gasteiger partial charge in [-0.25, -0.2) is 4.98 Å². The molecule has 3 aromatic heterocycles. The van der Waals surface area contributed by atoms with Gasteiger partial charge in [0.25, 0.3) is 0 Å². The van der Waals surface area contributed by atoms with Crippen molar-refractivity contribution < 1.29 is 4.74 Å². The topological polar surface area (TPSA) is 66.9 Å². The summed E-state index contributed by atoms with van der Waals surface area (Å²) in [6.45, 7) is 0. The van der Waals surface area contributed by atoms with Gasteiger partial charge in [-0.1, -0.05) is 30.1 Å². The summed E-state index contributed by atoms with van der Waals surface area (Å²) in [6.07, 6.45) is 11.1. The van der Waals surface area contributed by atoms with E-state index in [9.17, 15) is 0 Å². The Morgan fingerprint density at radius 2 is 2.03 bits per heavy atom. The molecule has 1 fully saturated rings. The van der Waals surface area contributed by atoms with Crippen molar-refractivity contribution >= 4 is 23.0 Å². The minimum absolute atomic E-state index is 0.522. The van der Waals surface area contributed by atoms with Crippen LogP contribution in [0.4, 0.5) is 0 Å². The number of rotatable bonds is 6. The summed E-state index contributed by atoms with van der Waals surface area (Å²) in [5.41, 5.74) is 9.61. The van der Waals surface area contributed by atoms with Crippen LogP contribution in [0.2, 0.25) is 0 Å². The predicted molar refractivity (Wildman–Crippen MR) is 143 cm³/mol. The Kier molecular flexibility index (Phi) is 5.98. The molecule has 0 aliphatic heterocycles. The Morgan fingerprint density at radius 3 is 2.83 bits per heavy atom. The van der Waals surface area contributed by atoms with Gasteiger partial charge in [0.05, 0.1) is 12.6 Å². The number of methoxy groups -OCH3 is 1. The summed E-state index contributed by atoms with van der Waals surface area (Å²) < 4.78 is 8.14. The Morgan fingerprint density at radius 1 is 1.11 bits per heavy atom. The maximum absolute atomic E-state index is 5.76. The van der Waals surface area contributed by atoms with E-state index in [-0.39, 0.29) is 0 Å². The zero-order chi connectivity index (χ0) is 23.9. The van der Waals surface area contributed by atoms with E-state index >= 15 is 0 Å². The fourth-order valence-corrected chi connectivity index (χ4v) is 6.30. The number of fused-ring (bicyclic) bond motifs is 2. The standard InChI is InChI=1S/C28H31N5OS/c1-33(35-3)20-12-10-18(14-20)23-13-11-19(16-29-23)26-28-24(31-32-26)15-25(34-2)27(30-28)22-9-5-7-17-6-4-8-21(17)22/h5,7,9,11,13,15-16,18,20H,4,6,8,10,12,14H2,1-3H3,(H,31,32). The normalized spacial score (nSPS) is 19.5. The summed E-state index contributed by atoms with van der Waals surface area (Å²) in [4.78, 5) is 9.99. The molecule has 3 heterocycles. The van der Waals surface area contributed by atoms with Gasteiger partial charge in [-0.15, -0.1) is 0 Å². The SMILES string of the molecule is COc1cc2[nH]nc(-c3ccc(C4CCC(N(C)SC)C4)nc3)c2nc1-c1cccc2c1CCC2. The van der Waals surface area contributed by atoms with Crippen LogP contribution in [-0.2, 0) is 12.8 Å². The van der Waals surface area contributed by atoms with Gasteiger partial charge in [-0.2, -0.15) is 5.10 Å². The third kappa shape index (κ3) is 4.00. The van der Waals surface area contributed by atoms with Gasteiger partial charge >= 0.3 is 0 Å². The fourth-order valence-electron chi connectivity index (χ4n) is 5.81. The number of nitrogens with zero attached hydrogens (tertiary/aromatic N) is 4. The van der Waals surface area contributed by atoms with Crippen LogP contribution in [0, 0.1) is 0 Å². The molecule has 2 unspecified atom stereocenters. The van der Waals surface area contributed by atoms with E-state index in [4.69, 9.17) is 14.7 Å². The lowest BCUT2D eigenvalue weighted by Crippen LogP contribution is -2.22. The van der Waals surface area contributed by atoms with E-state index in [0.717, 1.165) is 46.6 Å². The maximum Gasteiger partial charge on any atom is 0.147 e. The first-order valence-corrected chi connectivity index (χ1v) is 13.6. The molecular weight excluding hydrogens is 454 g/mol. The summed E-state index contributed by atoms with van der Waals surface area (Å²) in [5, 5.41) is 7.79. The van der Waals surface area contributed by atoms with Gasteiger partial charge in [0, 0.05) is 41.0 Å². The molecule has 0 bridgehead atoms. The minimum atomic E-state index is 0.522. The summed E-state index contributed by atoms with van der Waals surface area (Å²) >= 11 is 1.81. The monoisotopic (exact) mass is 485 g/mol. The maximum atomic E-state index is 5.76. The summed E-state index contributed by atoms with van der Waals surface area (Å²) in [6, 6.07) is 13.5. The first-order valence-electron chi connectivity index (χ1n) is 12.4. The van der Waals surface area contributed by atoms with E-state index < -0.39 is 0 Å². The van der Waals surface area contributed by atoms with Crippen LogP contribution >= 0.6 is 11.9 Å². The molecule has 2 aliphatic carbocycles. The van der Waals surface area contributed by atoms with Gasteiger partial charge in [0.15, 0.2) is 0 Å². The third-order valence-corrected chi connectivity index (χ3v) is 8.68. The van der Waals surface area contributed by atoms with E-state index in [1.807, 2.05) is 24.2 Å². The summed E-state index contributed by atoms with van der Waals surface area (Å²) in [7, 11) is 3.90. The van der Waals surface area contributed by atoms with Crippen LogP contribution in [-0.4, -0.2) is 50.9 Å². The Hall–Kier alpha value is -2.90. The highest BCUT2D eigenvalue weighted by molar-refractivity contribution is 7.96. The van der Waals surface area contributed by atoms with Crippen molar-refractivity contribution in [2.75, 3.05) is 20.4 Å². The van der Waals surface area contributed by atoms with Crippen LogP contribution in [0.25, 0.3) is 33.5 Å². The number of hydrogen-bond acceptors (Lipinski definition) is 6. The van der Waals surface area contributed by atoms with Gasteiger partial charge < -0.3 is 4.74 Å². The smallest absolute Gasteiger partial charge is 0.147 e. The largest absolute Gasteiger partial charge is 0.494 e. The predicted octanol–water partition coefficient (Wildman–Crippen LogP) is 6.03. The van der Waals surface area contributed by atoms with Crippen molar-refractivity contribution in [3.05, 3.63) is 59.4 Å². The number of aromatic nitrogens is 4. The van der Waals surface area contributed by atoms with E-state index in [1.54, 1.807) is 7.11 Å². The molecule has 35 heavy (non-hydrogen) atoms. The molecule has 0 radical (unpaired) electrons. The second-order valence-electron chi connectivity index (χ2n) is 9.67. The number of H-pyrrole nitrogens is 1. The van der Waals surface area contributed by atoms with Crippen molar-refractivity contribution in [2.24, 2.45) is 0 Å². The van der Waals surface area contributed by atoms with Gasteiger partial charge in [0.2, 0.25) is 0 Å². The van der Waals surface area contributed by atoms with Crippen molar-refractivity contribution in [3.63, 3.8) is 0 Å². The molecule has 180 valence electrons. The van der Waals surface area contributed by atoms with Crippen LogP contribution < -0.4 is 4.74 Å². The molecule has 1 N–H and O–H groups in total. The third-order valence-electron chi connectivity index (χ3n) is 7.81. The van der Waals surface area contributed by atoms with E-state index in [1.165, 1.54) is 48.1 Å². The summed E-state index contributed by atoms with van der Waals surface area (Å²) in [5.74, 6) is 1.29. The number of hydrogen-bond donors (Lipinski definition) is 1. The molecule has 1 aromatic carbocycles. The van der Waals surface area contributed by atoms with Gasteiger partial charge in [0.1, 0.15) is 22.7 Å². The number of aryl methyl sites for hydroxylation is 1. The number of nitrogens with one attached hydrogen (secondary N) is 1. The van der Waals surface area contributed by atoms with Crippen molar-refractivity contribution in [1.82, 2.24) is 24.5 Å². The molecule has 4 aromatic rings. The van der Waals surface area contributed by atoms with Crippen molar-refractivity contribution in [3.8, 4) is 28.3 Å². The van der Waals surface area contributed by atoms with Crippen LogP contribution in [0.15, 0.2) is 42.6 Å². The minimum Gasteiger partial charge on any atom is -0.494 e. The van der Waals surface area contributed by atoms with Gasteiger partial charge in [-0.05, 0) is 75.1 Å². The lowest BCUT2D eigenvalue weighted by molar-refractivity contribution is 0.412. The molecule has 7 heteroatoms. The zero-order valence-electron chi connectivity index (χ0n) is 20.5. The first-order chi connectivity index (χ1) is 17.2. The second-order valence-corrected chi connectivity index (χ2v) is 10.6. The van der Waals surface area contributed by atoms with Crippen LogP contribution in [0.3, 0.4) is 0 Å². The Bertz CT molecular complexity index is 1370. The number of ether oxygens (including phenoxy) is 1. The molecule has 0 amide bonds. The molecule has 6 rings (SSSR count). The average Bonchev–Trinajstić information content (AvgIpc) is 3.66. The number of pyridine rings is 2. The quantitative estimate of drug-likeness (QED) is 0.336. The molecular formula is C28H31N5OS. The van der Waals surface area contributed by atoms with E-state index in [0.29, 0.717) is 12.0 Å². The highest BCUT2D eigenvalue weighted by Gasteiger charge is 2.29. The lowest BCUT2D eigenvalue weighted by atomic mass is 9.99. The molecule has 0 saturated heterocycles. The molecule has 0 spiro atoms. The molecule has 1 saturated carbocycles. The van der Waals surface area contributed by atoms with E-state index in [2.05, 4.69) is 58.1 Å². The second kappa shape index (κ2) is 9.28. The van der Waals surface area contributed by atoms with Crippen LogP contribution in [0.5, 0.6) is 5.75 Å². The fraction of sp³-hybridized carbons (Fsp3) is 0.393. The molecule has 2 aliphatic rings. The van der Waals surface area contributed by atoms with Crippen LogP contribution in [0.1, 0.15) is 48.4 Å². The molecule has 2 atom stereocenters. The highest BCUT2D eigenvalue weighted by atomic mass is 32.2. The van der Waals surface area contributed by atoms with Crippen molar-refractivity contribution in [2.45, 2.75) is 50.5 Å². The number of benzene rings is 1. The highest BCUT2D eigenvalue weighted by Crippen LogP contribution is 2.40. The Labute approximate surface area is 210 Å².